The Hall–Kier alpha value is -3.15. The molecule has 1 saturated heterocycles. The number of rotatable bonds is 8. The van der Waals surface area contributed by atoms with Crippen LogP contribution in [0.15, 0.2) is 47.4 Å². The summed E-state index contributed by atoms with van der Waals surface area (Å²) in [6.07, 6.45) is 1.41. The minimum absolute atomic E-state index is 0.00423. The molecular weight excluding hydrogens is 450 g/mol. The summed E-state index contributed by atoms with van der Waals surface area (Å²) in [4.78, 5) is 26.5. The van der Waals surface area contributed by atoms with Crippen molar-refractivity contribution < 1.29 is 32.7 Å². The van der Waals surface area contributed by atoms with Gasteiger partial charge in [0.05, 0.1) is 30.4 Å². The Kier molecular flexibility index (Phi) is 7.57. The van der Waals surface area contributed by atoms with Crippen LogP contribution in [0.2, 0.25) is 0 Å². The van der Waals surface area contributed by atoms with Crippen LogP contribution in [-0.4, -0.2) is 64.3 Å². The van der Waals surface area contributed by atoms with Crippen LogP contribution >= 0.6 is 0 Å². The van der Waals surface area contributed by atoms with Gasteiger partial charge in [0, 0.05) is 13.6 Å². The number of hydrogen-bond donors (Lipinski definition) is 2. The van der Waals surface area contributed by atoms with Gasteiger partial charge in [0.15, 0.2) is 0 Å². The number of nitrogens with one attached hydrogen (secondary N) is 1. The fourth-order valence-electron chi connectivity index (χ4n) is 4.00. The maximum atomic E-state index is 13.4. The fourth-order valence-corrected chi connectivity index (χ4v) is 5.25. The highest BCUT2D eigenvalue weighted by Crippen LogP contribution is 2.33. The average Bonchev–Trinajstić information content (AvgIpc) is 3.30. The van der Waals surface area contributed by atoms with Crippen LogP contribution in [0.4, 0.5) is 5.69 Å². The van der Waals surface area contributed by atoms with Gasteiger partial charge in [-0.05, 0) is 55.3 Å². The molecule has 0 spiro atoms. The Morgan fingerprint density at radius 3 is 2.48 bits per heavy atom. The van der Waals surface area contributed by atoms with Crippen molar-refractivity contribution in [1.29, 1.82) is 0 Å². The van der Waals surface area contributed by atoms with E-state index in [0.717, 1.165) is 10.7 Å². The molecule has 2 aromatic rings. The zero-order valence-electron chi connectivity index (χ0n) is 18.6. The van der Waals surface area contributed by atoms with E-state index < -0.39 is 22.0 Å². The van der Waals surface area contributed by atoms with Crippen molar-refractivity contribution in [2.24, 2.45) is 0 Å². The molecule has 10 nitrogen and oxygen atoms in total. The van der Waals surface area contributed by atoms with Crippen molar-refractivity contribution in [3.05, 3.63) is 53.6 Å². The van der Waals surface area contributed by atoms with Gasteiger partial charge in [0.25, 0.3) is 15.9 Å². The molecule has 2 N–H and O–H groups in total. The topological polar surface area (TPSA) is 125 Å². The Balaban J connectivity index is 2.06. The van der Waals surface area contributed by atoms with Gasteiger partial charge in [-0.2, -0.15) is 0 Å². The first-order valence-electron chi connectivity index (χ1n) is 10.3. The zero-order valence-corrected chi connectivity index (χ0v) is 19.5. The molecule has 1 amide bonds. The summed E-state index contributed by atoms with van der Waals surface area (Å²) in [5, 5.41) is 9.24. The van der Waals surface area contributed by atoms with E-state index in [1.165, 1.54) is 51.6 Å². The van der Waals surface area contributed by atoms with Crippen LogP contribution in [0.25, 0.3) is 0 Å². The van der Waals surface area contributed by atoms with Crippen LogP contribution in [-0.2, 0) is 26.1 Å². The molecule has 0 unspecified atom stereocenters. The van der Waals surface area contributed by atoms with Gasteiger partial charge >= 0.3 is 5.97 Å². The Morgan fingerprint density at radius 1 is 1.18 bits per heavy atom. The number of amides is 1. The van der Waals surface area contributed by atoms with E-state index in [9.17, 15) is 23.2 Å². The maximum Gasteiger partial charge on any atom is 0.323 e. The van der Waals surface area contributed by atoms with Gasteiger partial charge in [0.1, 0.15) is 11.8 Å². The lowest BCUT2D eigenvalue weighted by Crippen LogP contribution is -2.37. The monoisotopic (exact) mass is 477 g/mol. The number of carbonyl (C=O) groups is 2. The minimum atomic E-state index is -4.07. The second-order valence-electron chi connectivity index (χ2n) is 7.55. The van der Waals surface area contributed by atoms with Crippen LogP contribution in [0.1, 0.15) is 28.8 Å². The van der Waals surface area contributed by atoms with Gasteiger partial charge in [-0.1, -0.05) is 12.1 Å². The number of carbonyl (C=O) groups excluding carboxylic acids is 2. The molecule has 1 atom stereocenters. The number of benzene rings is 2. The predicted octanol–water partition coefficient (Wildman–Crippen LogP) is 1.78. The molecule has 178 valence electrons. The molecule has 1 fully saturated rings. The van der Waals surface area contributed by atoms with Gasteiger partial charge < -0.3 is 9.47 Å². The molecule has 1 aliphatic heterocycles. The lowest BCUT2D eigenvalue weighted by Gasteiger charge is -2.28. The van der Waals surface area contributed by atoms with Gasteiger partial charge in [-0.15, -0.1) is 0 Å². The largest absolute Gasteiger partial charge is 0.497 e. The van der Waals surface area contributed by atoms with Gasteiger partial charge in [0.2, 0.25) is 0 Å². The average molecular weight is 478 g/mol. The molecule has 2 aromatic carbocycles. The van der Waals surface area contributed by atoms with Crippen molar-refractivity contribution in [2.75, 3.05) is 32.1 Å². The predicted molar refractivity (Wildman–Crippen MR) is 120 cm³/mol. The highest BCUT2D eigenvalue weighted by atomic mass is 32.2. The molecule has 0 bridgehead atoms. The van der Waals surface area contributed by atoms with Crippen LogP contribution < -0.4 is 14.5 Å². The summed E-state index contributed by atoms with van der Waals surface area (Å²) in [6.45, 7) is 0.828. The normalized spacial score (nSPS) is 16.3. The zero-order chi connectivity index (χ0) is 24.2. The molecule has 0 radical (unpaired) electrons. The van der Waals surface area contributed by atoms with E-state index in [1.54, 1.807) is 17.6 Å². The Labute approximate surface area is 192 Å². The standard InChI is InChI=1S/C22H27N3O7S/c1-24(33(29,30)17-11-9-16(31-2)10-12-17)20-15(6-4-7-18(20)21(26)23-28)14-25-13-5-8-19(25)22(27)32-3/h4,6-7,9-12,19,28H,5,8,13-14H2,1-3H3,(H,23,26)/t19-/m0/s1. The second-order valence-corrected chi connectivity index (χ2v) is 9.52. The molecule has 1 heterocycles. The first-order chi connectivity index (χ1) is 15.7. The number of methoxy groups -OCH3 is 2. The number of anilines is 1. The number of hydrogen-bond acceptors (Lipinski definition) is 8. The smallest absolute Gasteiger partial charge is 0.323 e. The third kappa shape index (κ3) is 4.95. The van der Waals surface area contributed by atoms with Crippen molar-refractivity contribution in [3.63, 3.8) is 0 Å². The Morgan fingerprint density at radius 2 is 1.88 bits per heavy atom. The summed E-state index contributed by atoms with van der Waals surface area (Å²) in [5.74, 6) is -0.715. The van der Waals surface area contributed by atoms with Crippen molar-refractivity contribution >= 4 is 27.6 Å². The van der Waals surface area contributed by atoms with E-state index in [0.29, 0.717) is 24.3 Å². The number of sulfonamides is 1. The number of ether oxygens (including phenoxy) is 2. The molecule has 3 rings (SSSR count). The van der Waals surface area contributed by atoms with E-state index in [4.69, 9.17) is 9.47 Å². The van der Waals surface area contributed by atoms with E-state index >= 15 is 0 Å². The highest BCUT2D eigenvalue weighted by molar-refractivity contribution is 7.92. The van der Waals surface area contributed by atoms with Crippen molar-refractivity contribution in [2.45, 2.75) is 30.3 Å². The first-order valence-corrected chi connectivity index (χ1v) is 11.7. The molecule has 33 heavy (non-hydrogen) atoms. The van der Waals surface area contributed by atoms with Gasteiger partial charge in [-0.3, -0.25) is 24.0 Å². The van der Waals surface area contributed by atoms with E-state index in [1.807, 2.05) is 4.90 Å². The second kappa shape index (κ2) is 10.2. The number of hydroxylamine groups is 1. The quantitative estimate of drug-likeness (QED) is 0.335. The summed E-state index contributed by atoms with van der Waals surface area (Å²) in [6, 6.07) is 10.1. The van der Waals surface area contributed by atoms with Crippen LogP contribution in [0, 0.1) is 0 Å². The third-order valence-electron chi connectivity index (χ3n) is 5.71. The molecule has 11 heteroatoms. The summed E-state index contributed by atoms with van der Waals surface area (Å²) in [5.41, 5.74) is 2.16. The lowest BCUT2D eigenvalue weighted by atomic mass is 10.1. The number of para-hydroxylation sites is 1. The van der Waals surface area contributed by atoms with E-state index in [2.05, 4.69) is 0 Å². The van der Waals surface area contributed by atoms with Crippen molar-refractivity contribution in [3.8, 4) is 5.75 Å². The highest BCUT2D eigenvalue weighted by Gasteiger charge is 2.34. The van der Waals surface area contributed by atoms with Crippen molar-refractivity contribution in [1.82, 2.24) is 10.4 Å². The number of nitrogens with zero attached hydrogens (tertiary/aromatic N) is 2. The lowest BCUT2D eigenvalue weighted by molar-refractivity contribution is -0.146. The maximum absolute atomic E-state index is 13.4. The SMILES string of the molecule is COC(=O)[C@@H]1CCCN1Cc1cccc(C(=O)NO)c1N(C)S(=O)(=O)c1ccc(OC)cc1. The molecule has 0 saturated carbocycles. The first kappa shape index (κ1) is 24.5. The van der Waals surface area contributed by atoms with Crippen LogP contribution in [0.3, 0.4) is 0 Å². The number of likely N-dealkylation sites (tertiary alicyclic amines) is 1. The molecule has 0 aromatic heterocycles. The number of esters is 1. The summed E-state index contributed by atoms with van der Waals surface area (Å²) >= 11 is 0. The fraction of sp³-hybridized carbons (Fsp3) is 0.364. The molecular formula is C22H27N3O7S. The minimum Gasteiger partial charge on any atom is -0.497 e. The van der Waals surface area contributed by atoms with Crippen LogP contribution in [0.5, 0.6) is 5.75 Å². The summed E-state index contributed by atoms with van der Waals surface area (Å²) < 4.78 is 37.8. The van der Waals surface area contributed by atoms with Gasteiger partial charge in [-0.25, -0.2) is 13.9 Å². The van der Waals surface area contributed by atoms with E-state index in [-0.39, 0.29) is 28.7 Å². The Bertz CT molecular complexity index is 1120. The summed E-state index contributed by atoms with van der Waals surface area (Å²) in [7, 11) is 0.0786. The molecule has 1 aliphatic rings. The third-order valence-corrected chi connectivity index (χ3v) is 7.48. The molecule has 0 aliphatic carbocycles.